The lowest BCUT2D eigenvalue weighted by Crippen LogP contribution is -2.11. The van der Waals surface area contributed by atoms with Crippen LogP contribution < -0.4 is 5.32 Å². The number of hydrogen-bond acceptors (Lipinski definition) is 5. The fraction of sp³-hybridized carbons (Fsp3) is 0. The maximum Gasteiger partial charge on any atom is 0.255 e. The van der Waals surface area contributed by atoms with Gasteiger partial charge in [-0.1, -0.05) is 23.5 Å². The van der Waals surface area contributed by atoms with Gasteiger partial charge in [0.2, 0.25) is 4.96 Å². The second-order valence-corrected chi connectivity index (χ2v) is 5.96. The summed E-state index contributed by atoms with van der Waals surface area (Å²) < 4.78 is 14.5. The maximum absolute atomic E-state index is 12.9. The molecule has 0 fully saturated rings. The van der Waals surface area contributed by atoms with Gasteiger partial charge in [0, 0.05) is 16.8 Å². The van der Waals surface area contributed by atoms with Crippen LogP contribution in [-0.4, -0.2) is 25.7 Å². The van der Waals surface area contributed by atoms with Gasteiger partial charge in [-0.05, 0) is 36.4 Å². The van der Waals surface area contributed by atoms with Crippen LogP contribution in [0.2, 0.25) is 0 Å². The summed E-state index contributed by atoms with van der Waals surface area (Å²) in [5, 5.41) is 15.7. The number of halogens is 1. The Morgan fingerprint density at radius 3 is 2.79 bits per heavy atom. The maximum atomic E-state index is 12.9. The molecule has 0 aliphatic carbocycles. The Bertz CT molecular complexity index is 996. The number of carbonyl (C=O) groups is 1. The minimum absolute atomic E-state index is 0.301. The van der Waals surface area contributed by atoms with Crippen molar-refractivity contribution in [2.45, 2.75) is 0 Å². The standard InChI is InChI=1S/C16H10FN5OS/c17-12-6-4-10(5-7-12)14(23)19-13-3-1-2-11(8-13)15-21-22-9-18-20-16(22)24-15/h1-9H,(H,19,23). The molecule has 2 heterocycles. The summed E-state index contributed by atoms with van der Waals surface area (Å²) in [5.74, 6) is -0.679. The van der Waals surface area contributed by atoms with E-state index in [0.717, 1.165) is 10.6 Å². The number of amides is 1. The van der Waals surface area contributed by atoms with Gasteiger partial charge in [0.05, 0.1) is 0 Å². The highest BCUT2D eigenvalue weighted by Crippen LogP contribution is 2.26. The molecular formula is C16H10FN5OS. The Kier molecular flexibility index (Phi) is 3.51. The van der Waals surface area contributed by atoms with Crippen LogP contribution in [0, 0.1) is 5.82 Å². The molecule has 6 nitrogen and oxygen atoms in total. The topological polar surface area (TPSA) is 72.2 Å². The first-order valence-corrected chi connectivity index (χ1v) is 7.85. The number of anilines is 1. The molecule has 0 saturated carbocycles. The van der Waals surface area contributed by atoms with Crippen molar-refractivity contribution in [1.29, 1.82) is 0 Å². The zero-order valence-electron chi connectivity index (χ0n) is 12.2. The predicted octanol–water partition coefficient (Wildman–Crippen LogP) is 3.24. The molecule has 4 rings (SSSR count). The van der Waals surface area contributed by atoms with E-state index in [0.29, 0.717) is 16.2 Å². The van der Waals surface area contributed by atoms with Gasteiger partial charge in [-0.3, -0.25) is 4.79 Å². The van der Waals surface area contributed by atoms with Crippen LogP contribution in [0.3, 0.4) is 0 Å². The molecule has 0 aliphatic heterocycles. The lowest BCUT2D eigenvalue weighted by molar-refractivity contribution is 0.102. The van der Waals surface area contributed by atoms with Gasteiger partial charge in [-0.15, -0.1) is 10.2 Å². The SMILES string of the molecule is O=C(Nc1cccc(-c2nn3cnnc3s2)c1)c1ccc(F)cc1. The third-order valence-electron chi connectivity index (χ3n) is 3.36. The van der Waals surface area contributed by atoms with E-state index in [-0.39, 0.29) is 11.7 Å². The average Bonchev–Trinajstić information content (AvgIpc) is 3.17. The molecular weight excluding hydrogens is 329 g/mol. The first-order chi connectivity index (χ1) is 11.7. The second kappa shape index (κ2) is 5.82. The largest absolute Gasteiger partial charge is 0.322 e. The van der Waals surface area contributed by atoms with E-state index in [1.807, 2.05) is 18.2 Å². The van der Waals surface area contributed by atoms with Crippen molar-refractivity contribution in [1.82, 2.24) is 19.8 Å². The van der Waals surface area contributed by atoms with Gasteiger partial charge in [0.15, 0.2) is 0 Å². The summed E-state index contributed by atoms with van der Waals surface area (Å²) in [6.07, 6.45) is 1.54. The quantitative estimate of drug-likeness (QED) is 0.622. The van der Waals surface area contributed by atoms with Crippen LogP contribution in [0.25, 0.3) is 15.5 Å². The molecule has 0 saturated heterocycles. The Morgan fingerprint density at radius 2 is 2.00 bits per heavy atom. The number of fused-ring (bicyclic) bond motifs is 1. The van der Waals surface area contributed by atoms with Crippen molar-refractivity contribution in [3.8, 4) is 10.6 Å². The zero-order chi connectivity index (χ0) is 16.5. The van der Waals surface area contributed by atoms with Crippen LogP contribution in [0.4, 0.5) is 10.1 Å². The van der Waals surface area contributed by atoms with Crippen LogP contribution in [0.1, 0.15) is 10.4 Å². The zero-order valence-corrected chi connectivity index (χ0v) is 13.0. The van der Waals surface area contributed by atoms with Crippen molar-refractivity contribution in [3.05, 3.63) is 66.2 Å². The Morgan fingerprint density at radius 1 is 1.17 bits per heavy atom. The van der Waals surface area contributed by atoms with Gasteiger partial charge in [0.1, 0.15) is 17.2 Å². The molecule has 24 heavy (non-hydrogen) atoms. The third-order valence-corrected chi connectivity index (χ3v) is 4.32. The predicted molar refractivity (Wildman–Crippen MR) is 88.4 cm³/mol. The normalized spacial score (nSPS) is 10.9. The van der Waals surface area contributed by atoms with Crippen molar-refractivity contribution in [2.75, 3.05) is 5.32 Å². The van der Waals surface area contributed by atoms with Gasteiger partial charge in [-0.25, -0.2) is 4.39 Å². The van der Waals surface area contributed by atoms with E-state index in [2.05, 4.69) is 20.6 Å². The molecule has 0 aliphatic rings. The van der Waals surface area contributed by atoms with Crippen LogP contribution in [0.15, 0.2) is 54.9 Å². The van der Waals surface area contributed by atoms with E-state index in [4.69, 9.17) is 0 Å². The lowest BCUT2D eigenvalue weighted by atomic mass is 10.2. The summed E-state index contributed by atoms with van der Waals surface area (Å²) in [4.78, 5) is 12.9. The Hall–Kier alpha value is -3.13. The fourth-order valence-electron chi connectivity index (χ4n) is 2.21. The van der Waals surface area contributed by atoms with E-state index in [9.17, 15) is 9.18 Å². The molecule has 8 heteroatoms. The number of benzene rings is 2. The van der Waals surface area contributed by atoms with Gasteiger partial charge >= 0.3 is 0 Å². The van der Waals surface area contributed by atoms with Crippen molar-refractivity contribution >= 4 is 27.9 Å². The summed E-state index contributed by atoms with van der Waals surface area (Å²) in [5.41, 5.74) is 1.88. The fourth-order valence-corrected chi connectivity index (χ4v) is 3.03. The monoisotopic (exact) mass is 339 g/mol. The molecule has 0 atom stereocenters. The number of nitrogens with zero attached hydrogens (tertiary/aromatic N) is 4. The van der Waals surface area contributed by atoms with E-state index in [1.54, 1.807) is 10.6 Å². The van der Waals surface area contributed by atoms with Gasteiger partial charge < -0.3 is 5.32 Å². The molecule has 0 radical (unpaired) electrons. The highest BCUT2D eigenvalue weighted by molar-refractivity contribution is 7.19. The summed E-state index contributed by atoms with van der Waals surface area (Å²) >= 11 is 1.41. The van der Waals surface area contributed by atoms with Crippen LogP contribution in [0.5, 0.6) is 0 Å². The lowest BCUT2D eigenvalue weighted by Gasteiger charge is -2.06. The number of carbonyl (C=O) groups excluding carboxylic acids is 1. The minimum atomic E-state index is -0.378. The Balaban J connectivity index is 1.59. The molecule has 2 aromatic heterocycles. The van der Waals surface area contributed by atoms with E-state index < -0.39 is 0 Å². The molecule has 1 amide bonds. The van der Waals surface area contributed by atoms with E-state index >= 15 is 0 Å². The van der Waals surface area contributed by atoms with Crippen LogP contribution in [-0.2, 0) is 0 Å². The van der Waals surface area contributed by atoms with E-state index in [1.165, 1.54) is 41.9 Å². The highest BCUT2D eigenvalue weighted by atomic mass is 32.1. The average molecular weight is 339 g/mol. The number of rotatable bonds is 3. The van der Waals surface area contributed by atoms with Crippen molar-refractivity contribution in [2.24, 2.45) is 0 Å². The summed E-state index contributed by atoms with van der Waals surface area (Å²) in [7, 11) is 0. The van der Waals surface area contributed by atoms with Crippen LogP contribution >= 0.6 is 11.3 Å². The molecule has 4 aromatic rings. The molecule has 2 aromatic carbocycles. The summed E-state index contributed by atoms with van der Waals surface area (Å²) in [6, 6.07) is 12.7. The molecule has 118 valence electrons. The number of nitrogens with one attached hydrogen (secondary N) is 1. The Labute approximate surface area is 139 Å². The van der Waals surface area contributed by atoms with Crippen molar-refractivity contribution in [3.63, 3.8) is 0 Å². The second-order valence-electron chi connectivity index (χ2n) is 5.01. The third kappa shape index (κ3) is 2.74. The molecule has 1 N–H and O–H groups in total. The first-order valence-electron chi connectivity index (χ1n) is 7.03. The van der Waals surface area contributed by atoms with Gasteiger partial charge in [0.25, 0.3) is 5.91 Å². The summed E-state index contributed by atoms with van der Waals surface area (Å²) in [6.45, 7) is 0. The van der Waals surface area contributed by atoms with Crippen molar-refractivity contribution < 1.29 is 9.18 Å². The number of aromatic nitrogens is 4. The molecule has 0 unspecified atom stereocenters. The molecule has 0 bridgehead atoms. The van der Waals surface area contributed by atoms with Gasteiger partial charge in [-0.2, -0.15) is 9.61 Å². The minimum Gasteiger partial charge on any atom is -0.322 e. The first kappa shape index (κ1) is 14.5. The number of hydrogen-bond donors (Lipinski definition) is 1. The highest BCUT2D eigenvalue weighted by Gasteiger charge is 2.10. The molecule has 0 spiro atoms. The smallest absolute Gasteiger partial charge is 0.255 e.